The van der Waals surface area contributed by atoms with Crippen LogP contribution >= 0.6 is 0 Å². The van der Waals surface area contributed by atoms with Gasteiger partial charge in [0.25, 0.3) is 0 Å². The second kappa shape index (κ2) is 7.65. The van der Waals surface area contributed by atoms with Gasteiger partial charge in [0.05, 0.1) is 31.3 Å². The zero-order chi connectivity index (χ0) is 22.2. The molecular weight excluding hydrogens is 412 g/mol. The number of anilines is 2. The first kappa shape index (κ1) is 19.5. The Kier molecular flexibility index (Phi) is 4.66. The summed E-state index contributed by atoms with van der Waals surface area (Å²) in [7, 11) is 2.64. The first-order valence-electron chi connectivity index (χ1n) is 9.74. The quantitative estimate of drug-likeness (QED) is 0.495. The number of aromatic nitrogens is 4. The van der Waals surface area contributed by atoms with E-state index in [-0.39, 0.29) is 0 Å². The van der Waals surface area contributed by atoms with Crippen LogP contribution in [0.15, 0.2) is 54.7 Å². The molecule has 0 radical (unpaired) electrons. The lowest BCUT2D eigenvalue weighted by molar-refractivity contribution is 0.177. The fraction of sp³-hybridized carbons (Fsp3) is 0.136. The molecule has 1 atom stereocenters. The Bertz CT molecular complexity index is 1330. The van der Waals surface area contributed by atoms with Crippen molar-refractivity contribution in [3.05, 3.63) is 65.9 Å². The van der Waals surface area contributed by atoms with E-state index in [1.165, 1.54) is 14.2 Å². The summed E-state index contributed by atoms with van der Waals surface area (Å²) in [5.41, 5.74) is 4.73. The summed E-state index contributed by atoms with van der Waals surface area (Å²) in [6.45, 7) is 0. The van der Waals surface area contributed by atoms with Crippen LogP contribution in [0, 0.1) is 0 Å². The van der Waals surface area contributed by atoms with Gasteiger partial charge in [-0.05, 0) is 29.0 Å². The van der Waals surface area contributed by atoms with E-state index in [4.69, 9.17) is 4.74 Å². The van der Waals surface area contributed by atoms with Gasteiger partial charge in [0.2, 0.25) is 0 Å². The normalized spacial score (nSPS) is 14.4. The van der Waals surface area contributed by atoms with Crippen LogP contribution in [-0.2, 0) is 9.47 Å². The molecule has 2 aromatic heterocycles. The number of carbonyl (C=O) groups is 2. The molecule has 1 aliphatic rings. The van der Waals surface area contributed by atoms with E-state index in [0.29, 0.717) is 22.7 Å². The maximum atomic E-state index is 13.1. The predicted octanol–water partition coefficient (Wildman–Crippen LogP) is 3.87. The highest BCUT2D eigenvalue weighted by molar-refractivity contribution is 6.04. The van der Waals surface area contributed by atoms with Crippen LogP contribution in [0.1, 0.15) is 17.2 Å². The highest BCUT2D eigenvalue weighted by atomic mass is 16.5. The first-order chi connectivity index (χ1) is 15.6. The van der Waals surface area contributed by atoms with Crippen molar-refractivity contribution in [3.63, 3.8) is 0 Å². The average molecular weight is 430 g/mol. The molecule has 0 saturated heterocycles. The van der Waals surface area contributed by atoms with Gasteiger partial charge in [0.1, 0.15) is 5.69 Å². The van der Waals surface area contributed by atoms with Crippen LogP contribution in [-0.4, -0.2) is 46.8 Å². The Labute approximate surface area is 182 Å². The molecule has 160 valence electrons. The van der Waals surface area contributed by atoms with Crippen molar-refractivity contribution in [3.8, 4) is 11.3 Å². The second-order valence-electron chi connectivity index (χ2n) is 7.10. The number of rotatable bonds is 2. The summed E-state index contributed by atoms with van der Waals surface area (Å²) >= 11 is 0. The van der Waals surface area contributed by atoms with E-state index in [0.717, 1.165) is 22.1 Å². The average Bonchev–Trinajstić information content (AvgIpc) is 3.21. The Hall–Kier alpha value is -4.47. The van der Waals surface area contributed by atoms with Crippen LogP contribution in [0.4, 0.5) is 21.0 Å². The number of nitrogens with zero attached hydrogens (tertiary/aromatic N) is 4. The molecule has 0 fully saturated rings. The molecule has 1 unspecified atom stereocenters. The van der Waals surface area contributed by atoms with Gasteiger partial charge in [-0.3, -0.25) is 10.2 Å². The molecule has 0 spiro atoms. The van der Waals surface area contributed by atoms with Crippen molar-refractivity contribution in [2.75, 3.05) is 24.4 Å². The Morgan fingerprint density at radius 1 is 1.03 bits per heavy atom. The fourth-order valence-electron chi connectivity index (χ4n) is 4.03. The molecule has 10 nitrogen and oxygen atoms in total. The summed E-state index contributed by atoms with van der Waals surface area (Å²) in [5, 5.41) is 15.7. The lowest BCUT2D eigenvalue weighted by Gasteiger charge is -2.30. The number of fused-ring (bicyclic) bond motifs is 2. The topological polar surface area (TPSA) is 122 Å². The highest BCUT2D eigenvalue weighted by Gasteiger charge is 2.37. The molecule has 0 aliphatic carbocycles. The van der Waals surface area contributed by atoms with E-state index in [1.807, 2.05) is 36.4 Å². The molecule has 0 saturated carbocycles. The molecule has 2 amide bonds. The largest absolute Gasteiger partial charge is 0.453 e. The third-order valence-electron chi connectivity index (χ3n) is 5.42. The van der Waals surface area contributed by atoms with Gasteiger partial charge in [-0.15, -0.1) is 10.2 Å². The fourth-order valence-corrected chi connectivity index (χ4v) is 4.03. The van der Waals surface area contributed by atoms with Gasteiger partial charge in [0.15, 0.2) is 5.65 Å². The van der Waals surface area contributed by atoms with Crippen LogP contribution in [0.3, 0.4) is 0 Å². The highest BCUT2D eigenvalue weighted by Crippen LogP contribution is 2.46. The van der Waals surface area contributed by atoms with Crippen molar-refractivity contribution in [1.29, 1.82) is 0 Å². The van der Waals surface area contributed by atoms with Gasteiger partial charge in [-0.2, -0.15) is 0 Å². The van der Waals surface area contributed by atoms with Crippen LogP contribution in [0.25, 0.3) is 22.3 Å². The molecule has 3 heterocycles. The smallest absolute Gasteiger partial charge is 0.414 e. The number of nitrogens with one attached hydrogen (secondary N) is 2. The van der Waals surface area contributed by atoms with Gasteiger partial charge in [0, 0.05) is 23.0 Å². The number of methoxy groups -OCH3 is 2. The summed E-state index contributed by atoms with van der Waals surface area (Å²) in [6.07, 6.45) is 0.711. The van der Waals surface area contributed by atoms with Gasteiger partial charge >= 0.3 is 12.2 Å². The van der Waals surface area contributed by atoms with Crippen LogP contribution in [0.2, 0.25) is 0 Å². The molecule has 5 rings (SSSR count). The minimum atomic E-state index is -0.566. The number of H-pyrrole nitrogens is 1. The predicted molar refractivity (Wildman–Crippen MR) is 116 cm³/mol. The zero-order valence-electron chi connectivity index (χ0n) is 17.2. The van der Waals surface area contributed by atoms with Crippen molar-refractivity contribution in [2.45, 2.75) is 6.04 Å². The van der Waals surface area contributed by atoms with E-state index in [1.54, 1.807) is 23.2 Å². The van der Waals surface area contributed by atoms with Crippen molar-refractivity contribution in [2.24, 2.45) is 0 Å². The van der Waals surface area contributed by atoms with Crippen LogP contribution in [0.5, 0.6) is 0 Å². The number of hydrogen-bond acceptors (Lipinski definition) is 7. The molecular formula is C22H18N6O4. The number of hydrogen-bond donors (Lipinski definition) is 2. The van der Waals surface area contributed by atoms with Crippen molar-refractivity contribution in [1.82, 2.24) is 20.4 Å². The maximum absolute atomic E-state index is 13.1. The van der Waals surface area contributed by atoms with Gasteiger partial charge in [-0.1, -0.05) is 30.3 Å². The zero-order valence-corrected chi connectivity index (χ0v) is 17.2. The number of para-hydroxylation sites is 1. The van der Waals surface area contributed by atoms with Crippen molar-refractivity contribution >= 4 is 34.6 Å². The second-order valence-corrected chi connectivity index (χ2v) is 7.10. The lowest BCUT2D eigenvalue weighted by Crippen LogP contribution is -2.35. The lowest BCUT2D eigenvalue weighted by atomic mass is 9.97. The summed E-state index contributed by atoms with van der Waals surface area (Å²) in [5.74, 6) is 0. The van der Waals surface area contributed by atoms with Gasteiger partial charge in [-0.25, -0.2) is 9.59 Å². The number of carbonyl (C=O) groups excluding carboxylic acids is 2. The van der Waals surface area contributed by atoms with E-state index < -0.39 is 18.2 Å². The Morgan fingerprint density at radius 2 is 1.81 bits per heavy atom. The molecule has 2 aromatic carbocycles. The van der Waals surface area contributed by atoms with E-state index in [9.17, 15) is 9.59 Å². The minimum Gasteiger partial charge on any atom is -0.453 e. The van der Waals surface area contributed by atoms with Crippen LogP contribution < -0.4 is 10.2 Å². The molecule has 32 heavy (non-hydrogen) atoms. The standard InChI is InChI=1S/C22H18N6O4/c1-31-21(29)24-13-9-7-12(8-10-13)19-15-11-23-20-17(15)18(25-27-26-20)14-5-3-4-6-16(14)28(19)22(30)32-2/h3-11,19H,1-2H3,(H,24,29)(H,23,25,26). The number of benzene rings is 2. The first-order valence-corrected chi connectivity index (χ1v) is 9.74. The van der Waals surface area contributed by atoms with E-state index >= 15 is 0 Å². The number of amides is 2. The third kappa shape index (κ3) is 3.00. The molecule has 2 N–H and O–H groups in total. The summed E-state index contributed by atoms with van der Waals surface area (Å²) in [6, 6.07) is 14.1. The Morgan fingerprint density at radius 3 is 2.56 bits per heavy atom. The monoisotopic (exact) mass is 430 g/mol. The Balaban J connectivity index is 1.74. The van der Waals surface area contributed by atoms with Gasteiger partial charge < -0.3 is 14.5 Å². The molecule has 10 heteroatoms. The maximum Gasteiger partial charge on any atom is 0.414 e. The molecule has 1 aliphatic heterocycles. The number of aromatic amines is 1. The summed E-state index contributed by atoms with van der Waals surface area (Å²) in [4.78, 5) is 29.3. The van der Waals surface area contributed by atoms with Crippen molar-refractivity contribution < 1.29 is 19.1 Å². The minimum absolute atomic E-state index is 0.526. The summed E-state index contributed by atoms with van der Waals surface area (Å²) < 4.78 is 9.81. The third-order valence-corrected chi connectivity index (χ3v) is 5.42. The molecule has 4 aromatic rings. The number of ether oxygens (including phenoxy) is 2. The molecule has 0 bridgehead atoms. The van der Waals surface area contributed by atoms with E-state index in [2.05, 4.69) is 30.4 Å². The SMILES string of the molecule is COC(=O)Nc1ccc(C2c3c[nH]c4nnnc(c34)-c3ccccc3N2C(=O)OC)cc1.